The number of hydrogen-bond acceptors (Lipinski definition) is 3. The summed E-state index contributed by atoms with van der Waals surface area (Å²) in [4.78, 5) is 17.0. The largest absolute Gasteiger partial charge is 0.508 e. The van der Waals surface area contributed by atoms with Crippen molar-refractivity contribution in [2.75, 3.05) is 0 Å². The van der Waals surface area contributed by atoms with Gasteiger partial charge in [0.2, 0.25) is 0 Å². The van der Waals surface area contributed by atoms with Crippen molar-refractivity contribution in [2.45, 2.75) is 31.8 Å². The Bertz CT molecular complexity index is 416. The molecule has 0 aromatic heterocycles. The number of benzene rings is 1. The van der Waals surface area contributed by atoms with Crippen LogP contribution in [-0.4, -0.2) is 17.1 Å². The number of nitrogens with one attached hydrogen (secondary N) is 1. The smallest absolute Gasteiger partial charge is 0.276 e. The first-order valence-corrected chi connectivity index (χ1v) is 5.99. The predicted molar refractivity (Wildman–Crippen MR) is 63.9 cm³/mol. The number of rotatable bonds is 3. The summed E-state index contributed by atoms with van der Waals surface area (Å²) >= 11 is 5.86. The van der Waals surface area contributed by atoms with Gasteiger partial charge in [0, 0.05) is 0 Å². The number of carbonyl (C=O) groups excluding carboxylic acids is 1. The average molecular weight is 256 g/mol. The van der Waals surface area contributed by atoms with Gasteiger partial charge in [-0.15, -0.1) is 0 Å². The van der Waals surface area contributed by atoms with Crippen LogP contribution < -0.4 is 5.48 Å². The highest BCUT2D eigenvalue weighted by molar-refractivity contribution is 6.33. The molecule has 1 aliphatic carbocycles. The van der Waals surface area contributed by atoms with Crippen LogP contribution in [0, 0.1) is 0 Å². The van der Waals surface area contributed by atoms with Crippen molar-refractivity contribution < 1.29 is 14.7 Å². The molecule has 1 fully saturated rings. The van der Waals surface area contributed by atoms with E-state index >= 15 is 0 Å². The van der Waals surface area contributed by atoms with Crippen LogP contribution in [0.15, 0.2) is 18.2 Å². The molecule has 1 saturated carbocycles. The van der Waals surface area contributed by atoms with Crippen molar-refractivity contribution in [1.82, 2.24) is 5.48 Å². The van der Waals surface area contributed by atoms with E-state index in [4.69, 9.17) is 16.4 Å². The van der Waals surface area contributed by atoms with Gasteiger partial charge >= 0.3 is 0 Å². The maximum Gasteiger partial charge on any atom is 0.276 e. The molecule has 0 bridgehead atoms. The first-order chi connectivity index (χ1) is 8.16. The predicted octanol–water partition coefficient (Wildman–Crippen LogP) is 2.65. The van der Waals surface area contributed by atoms with Gasteiger partial charge in [0.25, 0.3) is 5.91 Å². The minimum atomic E-state index is -0.433. The molecule has 0 unspecified atom stereocenters. The zero-order valence-corrected chi connectivity index (χ0v) is 10.0. The highest BCUT2D eigenvalue weighted by Gasteiger charge is 2.18. The highest BCUT2D eigenvalue weighted by atomic mass is 35.5. The van der Waals surface area contributed by atoms with Gasteiger partial charge < -0.3 is 5.11 Å². The lowest BCUT2D eigenvalue weighted by Gasteiger charge is -2.12. The lowest BCUT2D eigenvalue weighted by atomic mass is 10.2. The lowest BCUT2D eigenvalue weighted by molar-refractivity contribution is -0.0124. The Morgan fingerprint density at radius 3 is 2.82 bits per heavy atom. The van der Waals surface area contributed by atoms with E-state index < -0.39 is 5.91 Å². The lowest BCUT2D eigenvalue weighted by Crippen LogP contribution is -2.28. The molecule has 0 aliphatic heterocycles. The first kappa shape index (κ1) is 12.2. The van der Waals surface area contributed by atoms with E-state index in [1.807, 2.05) is 0 Å². The number of carbonyl (C=O) groups is 1. The molecule has 0 atom stereocenters. The van der Waals surface area contributed by atoms with Crippen LogP contribution in [0.1, 0.15) is 36.0 Å². The van der Waals surface area contributed by atoms with Crippen LogP contribution in [0.25, 0.3) is 0 Å². The maximum absolute atomic E-state index is 11.7. The third kappa shape index (κ3) is 3.11. The number of hydrogen-bond donors (Lipinski definition) is 2. The first-order valence-electron chi connectivity index (χ1n) is 5.61. The Morgan fingerprint density at radius 2 is 2.12 bits per heavy atom. The molecule has 4 nitrogen and oxygen atoms in total. The van der Waals surface area contributed by atoms with Gasteiger partial charge in [-0.25, -0.2) is 5.48 Å². The van der Waals surface area contributed by atoms with Crippen LogP contribution in [0.3, 0.4) is 0 Å². The Balaban J connectivity index is 1.96. The normalized spacial score (nSPS) is 16.1. The minimum Gasteiger partial charge on any atom is -0.508 e. The zero-order valence-electron chi connectivity index (χ0n) is 9.28. The van der Waals surface area contributed by atoms with Crippen LogP contribution in [0.4, 0.5) is 0 Å². The summed E-state index contributed by atoms with van der Waals surface area (Å²) in [6.07, 6.45) is 4.29. The molecular weight excluding hydrogens is 242 g/mol. The SMILES string of the molecule is O=C(NOC1CCCC1)c1cc(O)ccc1Cl. The zero-order chi connectivity index (χ0) is 12.3. The molecule has 2 rings (SSSR count). The van der Waals surface area contributed by atoms with Gasteiger partial charge in [-0.3, -0.25) is 9.63 Å². The van der Waals surface area contributed by atoms with Crippen LogP contribution in [0.2, 0.25) is 5.02 Å². The summed E-state index contributed by atoms with van der Waals surface area (Å²) in [7, 11) is 0. The van der Waals surface area contributed by atoms with Crippen LogP contribution in [-0.2, 0) is 4.84 Å². The van der Waals surface area contributed by atoms with Crippen LogP contribution >= 0.6 is 11.6 Å². The second kappa shape index (κ2) is 5.38. The quantitative estimate of drug-likeness (QED) is 0.817. The van der Waals surface area contributed by atoms with E-state index in [2.05, 4.69) is 5.48 Å². The molecule has 2 N–H and O–H groups in total. The molecule has 0 saturated heterocycles. The monoisotopic (exact) mass is 255 g/mol. The summed E-state index contributed by atoms with van der Waals surface area (Å²) < 4.78 is 0. The summed E-state index contributed by atoms with van der Waals surface area (Å²) in [6.45, 7) is 0. The third-order valence-electron chi connectivity index (χ3n) is 2.82. The number of halogens is 1. The minimum absolute atomic E-state index is 0.000386. The van der Waals surface area contributed by atoms with Crippen LogP contribution in [0.5, 0.6) is 5.75 Å². The van der Waals surface area contributed by atoms with Crippen molar-refractivity contribution in [3.63, 3.8) is 0 Å². The second-order valence-electron chi connectivity index (χ2n) is 4.12. The average Bonchev–Trinajstić information content (AvgIpc) is 2.82. The molecule has 1 amide bonds. The summed E-state index contributed by atoms with van der Waals surface area (Å²) in [5.41, 5.74) is 2.59. The van der Waals surface area contributed by atoms with E-state index in [1.165, 1.54) is 18.2 Å². The van der Waals surface area contributed by atoms with Gasteiger partial charge in [-0.1, -0.05) is 24.4 Å². The molecular formula is C12H14ClNO3. The third-order valence-corrected chi connectivity index (χ3v) is 3.14. The van der Waals surface area contributed by atoms with E-state index in [0.29, 0.717) is 0 Å². The number of amides is 1. The van der Waals surface area contributed by atoms with E-state index in [0.717, 1.165) is 25.7 Å². The molecule has 0 heterocycles. The fourth-order valence-corrected chi connectivity index (χ4v) is 2.09. The number of phenolic OH excluding ortho intramolecular Hbond substituents is 1. The summed E-state index contributed by atoms with van der Waals surface area (Å²) in [6, 6.07) is 4.22. The molecule has 5 heteroatoms. The van der Waals surface area contributed by atoms with Crippen molar-refractivity contribution >= 4 is 17.5 Å². The van der Waals surface area contributed by atoms with Crippen molar-refractivity contribution in [3.05, 3.63) is 28.8 Å². The Hall–Kier alpha value is -1.26. The number of hydroxylamine groups is 1. The topological polar surface area (TPSA) is 58.6 Å². The highest BCUT2D eigenvalue weighted by Crippen LogP contribution is 2.22. The van der Waals surface area contributed by atoms with Gasteiger partial charge in [-0.05, 0) is 31.0 Å². The van der Waals surface area contributed by atoms with Crippen molar-refractivity contribution in [1.29, 1.82) is 0 Å². The maximum atomic E-state index is 11.7. The molecule has 17 heavy (non-hydrogen) atoms. The number of phenols is 1. The Morgan fingerprint density at radius 1 is 1.41 bits per heavy atom. The van der Waals surface area contributed by atoms with Gasteiger partial charge in [0.15, 0.2) is 0 Å². The second-order valence-corrected chi connectivity index (χ2v) is 4.53. The van der Waals surface area contributed by atoms with E-state index in [9.17, 15) is 9.90 Å². The Kier molecular flexibility index (Phi) is 3.86. The van der Waals surface area contributed by atoms with Gasteiger partial charge in [0.1, 0.15) is 5.75 Å². The van der Waals surface area contributed by atoms with Gasteiger partial charge in [0.05, 0.1) is 16.7 Å². The molecule has 1 aromatic carbocycles. The standard InChI is InChI=1S/C12H14ClNO3/c13-11-6-5-8(15)7-10(11)12(16)14-17-9-3-1-2-4-9/h5-7,9,15H,1-4H2,(H,14,16). The molecule has 1 aromatic rings. The molecule has 92 valence electrons. The van der Waals surface area contributed by atoms with Crippen molar-refractivity contribution in [2.24, 2.45) is 0 Å². The molecule has 0 radical (unpaired) electrons. The summed E-state index contributed by atoms with van der Waals surface area (Å²) in [5.74, 6) is -0.432. The number of aromatic hydroxyl groups is 1. The van der Waals surface area contributed by atoms with Gasteiger partial charge in [-0.2, -0.15) is 0 Å². The fraction of sp³-hybridized carbons (Fsp3) is 0.417. The fourth-order valence-electron chi connectivity index (χ4n) is 1.89. The molecule has 0 spiro atoms. The van der Waals surface area contributed by atoms with Crippen molar-refractivity contribution in [3.8, 4) is 5.75 Å². The molecule has 1 aliphatic rings. The summed E-state index contributed by atoms with van der Waals surface area (Å²) in [5, 5.41) is 9.57. The van der Waals surface area contributed by atoms with E-state index in [1.54, 1.807) is 0 Å². The Labute approximate surface area is 104 Å². The van der Waals surface area contributed by atoms with E-state index in [-0.39, 0.29) is 22.4 Å².